The lowest BCUT2D eigenvalue weighted by Crippen LogP contribution is -2.12. The lowest BCUT2D eigenvalue weighted by Gasteiger charge is -2.04. The average Bonchev–Trinajstić information content (AvgIpc) is 3.39. The molecule has 4 aromatic rings. The summed E-state index contributed by atoms with van der Waals surface area (Å²) >= 11 is 0. The van der Waals surface area contributed by atoms with Gasteiger partial charge in [-0.15, -0.1) is 0 Å². The molecule has 1 amide bonds. The van der Waals surface area contributed by atoms with Gasteiger partial charge in [0, 0.05) is 12.3 Å². The van der Waals surface area contributed by atoms with Crippen molar-refractivity contribution >= 4 is 11.7 Å². The van der Waals surface area contributed by atoms with Crippen LogP contribution in [0.15, 0.2) is 77.3 Å². The number of halogens is 2. The smallest absolute Gasteiger partial charge is 0.292 e. The summed E-state index contributed by atoms with van der Waals surface area (Å²) in [4.78, 5) is 12.4. The van der Waals surface area contributed by atoms with Crippen LogP contribution in [-0.2, 0) is 13.2 Å². The number of aromatic nitrogens is 2. The number of amides is 1. The van der Waals surface area contributed by atoms with Crippen molar-refractivity contribution < 1.29 is 22.7 Å². The predicted molar refractivity (Wildman–Crippen MR) is 105 cm³/mol. The molecule has 0 aliphatic carbocycles. The molecule has 0 radical (unpaired) electrons. The van der Waals surface area contributed by atoms with Crippen molar-refractivity contribution in [1.82, 2.24) is 9.78 Å². The van der Waals surface area contributed by atoms with Gasteiger partial charge in [0.2, 0.25) is 0 Å². The minimum absolute atomic E-state index is 0.102. The van der Waals surface area contributed by atoms with E-state index < -0.39 is 5.91 Å². The lowest BCUT2D eigenvalue weighted by atomic mass is 10.2. The second-order valence-corrected chi connectivity index (χ2v) is 6.49. The molecule has 30 heavy (non-hydrogen) atoms. The van der Waals surface area contributed by atoms with E-state index in [4.69, 9.17) is 9.15 Å². The second kappa shape index (κ2) is 8.60. The number of ether oxygens (including phenoxy) is 1. The van der Waals surface area contributed by atoms with Crippen LogP contribution in [0.2, 0.25) is 0 Å². The first-order valence-corrected chi connectivity index (χ1v) is 9.11. The van der Waals surface area contributed by atoms with Crippen molar-refractivity contribution in [2.24, 2.45) is 0 Å². The summed E-state index contributed by atoms with van der Waals surface area (Å²) < 4.78 is 38.5. The molecule has 0 unspecified atom stereocenters. The topological polar surface area (TPSA) is 69.3 Å². The van der Waals surface area contributed by atoms with Crippen LogP contribution in [-0.4, -0.2) is 15.7 Å². The Balaban J connectivity index is 1.32. The van der Waals surface area contributed by atoms with Crippen molar-refractivity contribution in [3.05, 3.63) is 102 Å². The van der Waals surface area contributed by atoms with Crippen molar-refractivity contribution in [3.8, 4) is 5.75 Å². The summed E-state index contributed by atoms with van der Waals surface area (Å²) in [5.41, 5.74) is 0.884. The predicted octanol–water partition coefficient (Wildman–Crippen LogP) is 4.63. The number of nitrogens with one attached hydrogen (secondary N) is 1. The van der Waals surface area contributed by atoms with Gasteiger partial charge in [-0.3, -0.25) is 9.48 Å². The Hall–Kier alpha value is -3.94. The van der Waals surface area contributed by atoms with Gasteiger partial charge in [0.15, 0.2) is 11.6 Å². The standard InChI is InChI=1S/C22H17F2N3O3/c23-16-3-1-15(2-4-16)13-27-12-11-21(26-27)25-22(28)20-10-9-19(30-20)14-29-18-7-5-17(24)6-8-18/h1-12H,13-14H2,(H,25,26,28). The van der Waals surface area contributed by atoms with Crippen LogP contribution in [0.4, 0.5) is 14.6 Å². The van der Waals surface area contributed by atoms with E-state index in [1.54, 1.807) is 35.1 Å². The summed E-state index contributed by atoms with van der Waals surface area (Å²) in [5, 5.41) is 6.94. The number of furan rings is 1. The molecule has 2 aromatic heterocycles. The number of carbonyl (C=O) groups excluding carboxylic acids is 1. The molecule has 0 aliphatic rings. The van der Waals surface area contributed by atoms with E-state index in [-0.39, 0.29) is 24.0 Å². The van der Waals surface area contributed by atoms with E-state index in [2.05, 4.69) is 10.4 Å². The minimum Gasteiger partial charge on any atom is -0.486 e. The molecule has 4 rings (SSSR count). The summed E-state index contributed by atoms with van der Waals surface area (Å²) in [6.07, 6.45) is 1.71. The summed E-state index contributed by atoms with van der Waals surface area (Å²) in [5.74, 6) is 0.322. The Labute approximate surface area is 170 Å². The van der Waals surface area contributed by atoms with Crippen LogP contribution in [0.5, 0.6) is 5.75 Å². The molecular formula is C22H17F2N3O3. The molecule has 8 heteroatoms. The molecule has 0 spiro atoms. The Morgan fingerprint density at radius 1 is 0.967 bits per heavy atom. The molecule has 0 saturated heterocycles. The Morgan fingerprint density at radius 3 is 2.40 bits per heavy atom. The van der Waals surface area contributed by atoms with Crippen LogP contribution in [0.25, 0.3) is 0 Å². The number of carbonyl (C=O) groups is 1. The summed E-state index contributed by atoms with van der Waals surface area (Å²) in [6.45, 7) is 0.549. The van der Waals surface area contributed by atoms with Gasteiger partial charge in [-0.05, 0) is 54.1 Å². The number of anilines is 1. The first-order chi connectivity index (χ1) is 14.5. The van der Waals surface area contributed by atoms with E-state index in [0.717, 1.165) is 5.56 Å². The molecule has 0 aliphatic heterocycles. The van der Waals surface area contributed by atoms with Crippen molar-refractivity contribution in [3.63, 3.8) is 0 Å². The molecule has 0 fully saturated rings. The highest BCUT2D eigenvalue weighted by Gasteiger charge is 2.13. The maximum atomic E-state index is 13.0. The molecule has 0 saturated carbocycles. The first kappa shape index (κ1) is 19.4. The quantitative estimate of drug-likeness (QED) is 0.483. The normalized spacial score (nSPS) is 10.7. The van der Waals surface area contributed by atoms with Crippen molar-refractivity contribution in [2.45, 2.75) is 13.2 Å². The maximum Gasteiger partial charge on any atom is 0.292 e. The zero-order chi connectivity index (χ0) is 20.9. The zero-order valence-electron chi connectivity index (χ0n) is 15.7. The van der Waals surface area contributed by atoms with Crippen LogP contribution in [0.1, 0.15) is 21.9 Å². The fourth-order valence-corrected chi connectivity index (χ4v) is 2.73. The molecule has 2 aromatic carbocycles. The van der Waals surface area contributed by atoms with E-state index in [1.165, 1.54) is 42.5 Å². The first-order valence-electron chi connectivity index (χ1n) is 9.11. The zero-order valence-corrected chi connectivity index (χ0v) is 15.7. The fraction of sp³-hybridized carbons (Fsp3) is 0.0909. The Bertz CT molecular complexity index is 1140. The molecule has 2 heterocycles. The average molecular weight is 409 g/mol. The van der Waals surface area contributed by atoms with Gasteiger partial charge in [0.25, 0.3) is 5.91 Å². The molecule has 152 valence electrons. The summed E-state index contributed by atoms with van der Waals surface area (Å²) in [6, 6.07) is 16.6. The van der Waals surface area contributed by atoms with Gasteiger partial charge in [0.05, 0.1) is 6.54 Å². The largest absolute Gasteiger partial charge is 0.486 e. The third kappa shape index (κ3) is 4.91. The highest BCUT2D eigenvalue weighted by Crippen LogP contribution is 2.16. The third-order valence-corrected chi connectivity index (χ3v) is 4.22. The van der Waals surface area contributed by atoms with Gasteiger partial charge in [0.1, 0.15) is 29.8 Å². The Kier molecular flexibility index (Phi) is 5.56. The molecule has 6 nitrogen and oxygen atoms in total. The van der Waals surface area contributed by atoms with Crippen molar-refractivity contribution in [2.75, 3.05) is 5.32 Å². The van der Waals surface area contributed by atoms with Crippen LogP contribution in [0.3, 0.4) is 0 Å². The van der Waals surface area contributed by atoms with Crippen LogP contribution in [0, 0.1) is 11.6 Å². The third-order valence-electron chi connectivity index (χ3n) is 4.22. The molecule has 0 atom stereocenters. The van der Waals surface area contributed by atoms with Crippen LogP contribution >= 0.6 is 0 Å². The van der Waals surface area contributed by atoms with Crippen LogP contribution < -0.4 is 10.1 Å². The van der Waals surface area contributed by atoms with E-state index >= 15 is 0 Å². The number of hydrogen-bond acceptors (Lipinski definition) is 4. The molecule has 1 N–H and O–H groups in total. The monoisotopic (exact) mass is 409 g/mol. The fourth-order valence-electron chi connectivity index (χ4n) is 2.73. The number of nitrogens with zero attached hydrogens (tertiary/aromatic N) is 2. The van der Waals surface area contributed by atoms with Gasteiger partial charge in [-0.2, -0.15) is 5.10 Å². The summed E-state index contributed by atoms with van der Waals surface area (Å²) in [7, 11) is 0. The van der Waals surface area contributed by atoms with Gasteiger partial charge in [-0.25, -0.2) is 8.78 Å². The number of hydrogen-bond donors (Lipinski definition) is 1. The van der Waals surface area contributed by atoms with E-state index in [9.17, 15) is 13.6 Å². The molecular weight excluding hydrogens is 392 g/mol. The highest BCUT2D eigenvalue weighted by atomic mass is 19.1. The number of benzene rings is 2. The lowest BCUT2D eigenvalue weighted by molar-refractivity contribution is 0.0992. The van der Waals surface area contributed by atoms with Gasteiger partial charge in [-0.1, -0.05) is 12.1 Å². The maximum absolute atomic E-state index is 13.0. The second-order valence-electron chi connectivity index (χ2n) is 6.49. The highest BCUT2D eigenvalue weighted by molar-refractivity contribution is 6.01. The molecule has 0 bridgehead atoms. The minimum atomic E-state index is -0.449. The Morgan fingerprint density at radius 2 is 1.67 bits per heavy atom. The van der Waals surface area contributed by atoms with E-state index in [1.807, 2.05) is 0 Å². The SMILES string of the molecule is O=C(Nc1ccn(Cc2ccc(F)cc2)n1)c1ccc(COc2ccc(F)cc2)o1. The van der Waals surface area contributed by atoms with E-state index in [0.29, 0.717) is 23.9 Å². The van der Waals surface area contributed by atoms with Gasteiger partial charge >= 0.3 is 0 Å². The number of rotatable bonds is 7. The van der Waals surface area contributed by atoms with Gasteiger partial charge < -0.3 is 14.5 Å². The van der Waals surface area contributed by atoms with Crippen molar-refractivity contribution in [1.29, 1.82) is 0 Å².